The molecule has 3 rings (SSSR count). The van der Waals surface area contributed by atoms with Gasteiger partial charge in [-0.05, 0) is 44.9 Å². The quantitative estimate of drug-likeness (QED) is 0.907. The maximum absolute atomic E-state index is 12.7. The van der Waals surface area contributed by atoms with E-state index < -0.39 is 5.60 Å². The van der Waals surface area contributed by atoms with Gasteiger partial charge in [0.1, 0.15) is 5.76 Å². The largest absolute Gasteiger partial charge is 0.467 e. The first kappa shape index (κ1) is 17.5. The first-order valence-corrected chi connectivity index (χ1v) is 8.65. The van der Waals surface area contributed by atoms with Gasteiger partial charge in [-0.3, -0.25) is 4.79 Å². The van der Waals surface area contributed by atoms with Crippen LogP contribution in [0, 0.1) is 0 Å². The Balaban J connectivity index is 1.80. The third kappa shape index (κ3) is 3.71. The van der Waals surface area contributed by atoms with E-state index in [1.807, 2.05) is 6.07 Å². The highest BCUT2D eigenvalue weighted by Gasteiger charge is 2.29. The number of hydrogen-bond donors (Lipinski definition) is 1. The fraction of sp³-hybridized carbons (Fsp3) is 0.450. The number of benzene rings is 1. The Morgan fingerprint density at radius 3 is 2.80 bits per heavy atom. The normalized spacial score (nSPS) is 16.8. The van der Waals surface area contributed by atoms with Gasteiger partial charge in [0.25, 0.3) is 5.91 Å². The molecule has 1 aromatic carbocycles. The van der Waals surface area contributed by atoms with E-state index in [1.54, 1.807) is 33.2 Å². The van der Waals surface area contributed by atoms with E-state index in [2.05, 4.69) is 30.0 Å². The van der Waals surface area contributed by atoms with Crippen LogP contribution in [0.3, 0.4) is 0 Å². The Labute approximate surface area is 148 Å². The SMILES string of the molecule is CC1Cc2ccccc2N1Cc1occc1C(=O)N(C)CC(C)(C)O. The van der Waals surface area contributed by atoms with Gasteiger partial charge in [0.2, 0.25) is 0 Å². The molecule has 1 unspecified atom stereocenters. The van der Waals surface area contributed by atoms with Gasteiger partial charge in [-0.15, -0.1) is 0 Å². The Bertz CT molecular complexity index is 760. The molecule has 5 heteroatoms. The third-order valence-corrected chi connectivity index (χ3v) is 4.61. The van der Waals surface area contributed by atoms with Crippen LogP contribution >= 0.6 is 0 Å². The topological polar surface area (TPSA) is 56.9 Å². The zero-order chi connectivity index (χ0) is 18.2. The number of carbonyl (C=O) groups is 1. The zero-order valence-electron chi connectivity index (χ0n) is 15.3. The van der Waals surface area contributed by atoms with Gasteiger partial charge < -0.3 is 19.3 Å². The number of rotatable bonds is 5. The molecule has 0 bridgehead atoms. The van der Waals surface area contributed by atoms with Crippen LogP contribution in [0.15, 0.2) is 41.0 Å². The molecule has 1 amide bonds. The number of hydrogen-bond acceptors (Lipinski definition) is 4. The van der Waals surface area contributed by atoms with Crippen molar-refractivity contribution in [3.8, 4) is 0 Å². The van der Waals surface area contributed by atoms with Gasteiger partial charge in [-0.25, -0.2) is 0 Å². The molecule has 0 spiro atoms. The second kappa shape index (κ2) is 6.56. The molecule has 134 valence electrons. The molecule has 0 saturated carbocycles. The van der Waals surface area contributed by atoms with Crippen molar-refractivity contribution in [2.45, 2.75) is 45.4 Å². The summed E-state index contributed by atoms with van der Waals surface area (Å²) < 4.78 is 5.64. The fourth-order valence-electron chi connectivity index (χ4n) is 3.54. The Hall–Kier alpha value is -2.27. The van der Waals surface area contributed by atoms with Crippen molar-refractivity contribution in [1.29, 1.82) is 0 Å². The average molecular weight is 342 g/mol. The number of nitrogens with zero attached hydrogens (tertiary/aromatic N) is 2. The molecule has 25 heavy (non-hydrogen) atoms. The van der Waals surface area contributed by atoms with Crippen LogP contribution in [0.5, 0.6) is 0 Å². The molecule has 0 saturated heterocycles. The summed E-state index contributed by atoms with van der Waals surface area (Å²) in [7, 11) is 1.70. The second-order valence-electron chi connectivity index (χ2n) is 7.54. The van der Waals surface area contributed by atoms with Crippen molar-refractivity contribution in [2.24, 2.45) is 0 Å². The van der Waals surface area contributed by atoms with Gasteiger partial charge in [-0.1, -0.05) is 18.2 Å². The zero-order valence-corrected chi connectivity index (χ0v) is 15.3. The first-order chi connectivity index (χ1) is 11.8. The summed E-state index contributed by atoms with van der Waals surface area (Å²) in [6, 6.07) is 10.4. The molecule has 0 radical (unpaired) electrons. The Morgan fingerprint density at radius 1 is 1.36 bits per heavy atom. The standard InChI is InChI=1S/C20H26N2O3/c1-14-11-15-7-5-6-8-17(15)22(14)12-18-16(9-10-25-18)19(23)21(4)13-20(2,3)24/h5-10,14,24H,11-13H2,1-4H3. The number of furan rings is 1. The lowest BCUT2D eigenvalue weighted by Crippen LogP contribution is -2.40. The third-order valence-electron chi connectivity index (χ3n) is 4.61. The van der Waals surface area contributed by atoms with Gasteiger partial charge in [0, 0.05) is 25.3 Å². The molecule has 0 fully saturated rings. The minimum atomic E-state index is -0.934. The molecule has 2 heterocycles. The lowest BCUT2D eigenvalue weighted by Gasteiger charge is -2.27. The van der Waals surface area contributed by atoms with Gasteiger partial charge in [0.05, 0.1) is 24.0 Å². The number of para-hydroxylation sites is 1. The average Bonchev–Trinajstić information content (AvgIpc) is 3.10. The summed E-state index contributed by atoms with van der Waals surface area (Å²) in [4.78, 5) is 16.6. The number of aliphatic hydroxyl groups is 1. The van der Waals surface area contributed by atoms with Crippen molar-refractivity contribution >= 4 is 11.6 Å². The number of likely N-dealkylation sites (N-methyl/N-ethyl adjacent to an activating group) is 1. The summed E-state index contributed by atoms with van der Waals surface area (Å²) in [5, 5.41) is 9.95. The van der Waals surface area contributed by atoms with Crippen LogP contribution in [0.2, 0.25) is 0 Å². The maximum Gasteiger partial charge on any atom is 0.257 e. The minimum Gasteiger partial charge on any atom is -0.467 e. The highest BCUT2D eigenvalue weighted by molar-refractivity contribution is 5.95. The summed E-state index contributed by atoms with van der Waals surface area (Å²) in [5.74, 6) is 0.530. The van der Waals surface area contributed by atoms with E-state index in [1.165, 1.54) is 16.2 Å². The van der Waals surface area contributed by atoms with Crippen LogP contribution in [0.25, 0.3) is 0 Å². The van der Waals surface area contributed by atoms with Gasteiger partial charge in [0.15, 0.2) is 0 Å². The Kier molecular flexibility index (Phi) is 4.60. The molecule has 5 nitrogen and oxygen atoms in total. The molecule has 1 aromatic heterocycles. The minimum absolute atomic E-state index is 0.133. The molecular weight excluding hydrogens is 316 g/mol. The number of carbonyl (C=O) groups excluding carboxylic acids is 1. The highest BCUT2D eigenvalue weighted by Crippen LogP contribution is 2.33. The van der Waals surface area contributed by atoms with Crippen molar-refractivity contribution in [2.75, 3.05) is 18.5 Å². The second-order valence-corrected chi connectivity index (χ2v) is 7.54. The smallest absolute Gasteiger partial charge is 0.257 e. The van der Waals surface area contributed by atoms with Crippen LogP contribution in [0.4, 0.5) is 5.69 Å². The summed E-state index contributed by atoms with van der Waals surface area (Å²) in [6.07, 6.45) is 2.56. The van der Waals surface area contributed by atoms with E-state index in [0.29, 0.717) is 23.9 Å². The molecule has 2 aromatic rings. The molecule has 1 N–H and O–H groups in total. The van der Waals surface area contributed by atoms with Crippen molar-refractivity contribution in [3.05, 3.63) is 53.5 Å². The highest BCUT2D eigenvalue weighted by atomic mass is 16.3. The predicted molar refractivity (Wildman–Crippen MR) is 97.8 cm³/mol. The summed E-state index contributed by atoms with van der Waals surface area (Å²) in [6.45, 7) is 6.39. The summed E-state index contributed by atoms with van der Waals surface area (Å²) in [5.41, 5.74) is 2.16. The predicted octanol–water partition coefficient (Wildman–Crippen LogP) is 3.07. The van der Waals surface area contributed by atoms with E-state index in [-0.39, 0.29) is 12.5 Å². The van der Waals surface area contributed by atoms with E-state index >= 15 is 0 Å². The van der Waals surface area contributed by atoms with Crippen LogP contribution < -0.4 is 4.90 Å². The Morgan fingerprint density at radius 2 is 2.08 bits per heavy atom. The molecule has 1 atom stereocenters. The summed E-state index contributed by atoms with van der Waals surface area (Å²) >= 11 is 0. The maximum atomic E-state index is 12.7. The van der Waals surface area contributed by atoms with Gasteiger partial charge in [-0.2, -0.15) is 0 Å². The van der Waals surface area contributed by atoms with Crippen molar-refractivity contribution < 1.29 is 14.3 Å². The fourth-order valence-corrected chi connectivity index (χ4v) is 3.54. The van der Waals surface area contributed by atoms with Crippen LogP contribution in [0.1, 0.15) is 42.5 Å². The van der Waals surface area contributed by atoms with E-state index in [9.17, 15) is 9.90 Å². The van der Waals surface area contributed by atoms with Crippen LogP contribution in [-0.4, -0.2) is 41.1 Å². The number of amides is 1. The van der Waals surface area contributed by atoms with E-state index in [0.717, 1.165) is 6.42 Å². The molecule has 1 aliphatic rings. The first-order valence-electron chi connectivity index (χ1n) is 8.65. The lowest BCUT2D eigenvalue weighted by atomic mass is 10.1. The van der Waals surface area contributed by atoms with Crippen molar-refractivity contribution in [1.82, 2.24) is 4.90 Å². The van der Waals surface area contributed by atoms with Crippen LogP contribution in [-0.2, 0) is 13.0 Å². The monoisotopic (exact) mass is 342 g/mol. The number of fused-ring (bicyclic) bond motifs is 1. The van der Waals surface area contributed by atoms with E-state index in [4.69, 9.17) is 4.42 Å². The molecular formula is C20H26N2O3. The molecule has 0 aliphatic carbocycles. The van der Waals surface area contributed by atoms with Gasteiger partial charge >= 0.3 is 0 Å². The lowest BCUT2D eigenvalue weighted by molar-refractivity contribution is 0.0366. The molecule has 1 aliphatic heterocycles. The number of anilines is 1. The van der Waals surface area contributed by atoms with Crippen molar-refractivity contribution in [3.63, 3.8) is 0 Å².